The van der Waals surface area contributed by atoms with E-state index in [1.54, 1.807) is 18.6 Å². The number of nitrogens with zero attached hydrogens (tertiary/aromatic N) is 4. The van der Waals surface area contributed by atoms with Gasteiger partial charge >= 0.3 is 0 Å². The summed E-state index contributed by atoms with van der Waals surface area (Å²) in [5.74, 6) is 0. The number of thiazole rings is 1. The molecule has 120 valence electrons. The fourth-order valence-corrected chi connectivity index (χ4v) is 3.16. The summed E-state index contributed by atoms with van der Waals surface area (Å²) in [6.45, 7) is 4.48. The molecular formula is C18H15ClN4S. The molecule has 0 bridgehead atoms. The van der Waals surface area contributed by atoms with Crippen LogP contribution in [0.4, 0.5) is 0 Å². The van der Waals surface area contributed by atoms with E-state index in [-0.39, 0.29) is 0 Å². The van der Waals surface area contributed by atoms with Crippen molar-refractivity contribution in [1.82, 2.24) is 9.55 Å². The molecular weight excluding hydrogens is 340 g/mol. The quantitative estimate of drug-likeness (QED) is 0.380. The molecule has 0 radical (unpaired) electrons. The molecule has 0 atom stereocenters. The van der Waals surface area contributed by atoms with Gasteiger partial charge in [-0.15, -0.1) is 23.0 Å². The zero-order chi connectivity index (χ0) is 16.8. The van der Waals surface area contributed by atoms with E-state index in [0.29, 0.717) is 6.54 Å². The number of halogens is 1. The third kappa shape index (κ3) is 3.88. The van der Waals surface area contributed by atoms with E-state index in [4.69, 9.17) is 11.6 Å². The summed E-state index contributed by atoms with van der Waals surface area (Å²) in [5.41, 5.74) is 3.05. The maximum absolute atomic E-state index is 5.97. The molecule has 0 N–H and O–H groups in total. The van der Waals surface area contributed by atoms with E-state index in [9.17, 15) is 0 Å². The molecule has 6 heteroatoms. The van der Waals surface area contributed by atoms with Crippen molar-refractivity contribution in [2.45, 2.75) is 6.54 Å². The van der Waals surface area contributed by atoms with Crippen LogP contribution in [-0.4, -0.2) is 15.8 Å². The highest BCUT2D eigenvalue weighted by Crippen LogP contribution is 2.22. The van der Waals surface area contributed by atoms with Gasteiger partial charge in [0, 0.05) is 34.9 Å². The summed E-state index contributed by atoms with van der Waals surface area (Å²) in [7, 11) is 0. The van der Waals surface area contributed by atoms with Crippen molar-refractivity contribution in [2.75, 3.05) is 0 Å². The van der Waals surface area contributed by atoms with Gasteiger partial charge in [0.05, 0.1) is 11.9 Å². The molecule has 0 aliphatic heterocycles. The Morgan fingerprint density at radius 2 is 2.08 bits per heavy atom. The molecule has 0 aliphatic carbocycles. The first-order valence-corrected chi connectivity index (χ1v) is 8.56. The number of hydrogen-bond donors (Lipinski definition) is 0. The Hall–Kier alpha value is -2.50. The first-order chi connectivity index (χ1) is 11.8. The smallest absolute Gasteiger partial charge is 0.211 e. The van der Waals surface area contributed by atoms with Crippen LogP contribution in [-0.2, 0) is 6.54 Å². The topological polar surface area (TPSA) is 42.5 Å². The minimum Gasteiger partial charge on any atom is -0.311 e. The number of aromatic nitrogens is 2. The first kappa shape index (κ1) is 16.4. The van der Waals surface area contributed by atoms with E-state index < -0.39 is 0 Å². The van der Waals surface area contributed by atoms with Crippen LogP contribution in [0.25, 0.3) is 11.3 Å². The van der Waals surface area contributed by atoms with Gasteiger partial charge in [-0.25, -0.2) is 0 Å². The summed E-state index contributed by atoms with van der Waals surface area (Å²) >= 11 is 7.51. The molecule has 0 spiro atoms. The number of rotatable bonds is 5. The fourth-order valence-electron chi connectivity index (χ4n) is 2.16. The average Bonchev–Trinajstić information content (AvgIpc) is 3.00. The summed E-state index contributed by atoms with van der Waals surface area (Å²) in [5, 5.41) is 11.3. The molecule has 2 aromatic heterocycles. The molecule has 24 heavy (non-hydrogen) atoms. The molecule has 1 aromatic carbocycles. The lowest BCUT2D eigenvalue weighted by atomic mass is 10.2. The lowest BCUT2D eigenvalue weighted by Gasteiger charge is -2.06. The molecule has 0 unspecified atom stereocenters. The second-order valence-corrected chi connectivity index (χ2v) is 6.21. The minimum absolute atomic E-state index is 0.655. The summed E-state index contributed by atoms with van der Waals surface area (Å²) < 4.78 is 2.07. The Morgan fingerprint density at radius 3 is 2.79 bits per heavy atom. The van der Waals surface area contributed by atoms with Crippen LogP contribution in [0.2, 0.25) is 5.02 Å². The van der Waals surface area contributed by atoms with Crippen LogP contribution in [0, 0.1) is 0 Å². The number of allylic oxidation sites excluding steroid dienone is 1. The molecule has 0 aliphatic rings. The molecule has 3 rings (SSSR count). The zero-order valence-electron chi connectivity index (χ0n) is 12.8. The van der Waals surface area contributed by atoms with Crippen LogP contribution in [0.1, 0.15) is 5.56 Å². The molecule has 4 nitrogen and oxygen atoms in total. The molecule has 0 fully saturated rings. The van der Waals surface area contributed by atoms with Crippen LogP contribution >= 0.6 is 22.9 Å². The number of pyridine rings is 1. The lowest BCUT2D eigenvalue weighted by molar-refractivity contribution is 0.789. The van der Waals surface area contributed by atoms with Crippen molar-refractivity contribution >= 4 is 29.2 Å². The van der Waals surface area contributed by atoms with Crippen LogP contribution in [0.3, 0.4) is 0 Å². The number of hydrogen-bond acceptors (Lipinski definition) is 4. The fraction of sp³-hybridized carbons (Fsp3) is 0.0556. The predicted molar refractivity (Wildman–Crippen MR) is 100 cm³/mol. The van der Waals surface area contributed by atoms with Gasteiger partial charge in [0.25, 0.3) is 0 Å². The molecule has 0 saturated carbocycles. The second-order valence-electron chi connectivity index (χ2n) is 4.94. The van der Waals surface area contributed by atoms with Crippen LogP contribution < -0.4 is 4.80 Å². The van der Waals surface area contributed by atoms with Gasteiger partial charge in [0.15, 0.2) is 0 Å². The maximum Gasteiger partial charge on any atom is 0.211 e. The standard InChI is InChI=1S/C18H15ClN4S/c1-2-10-23-17(15-5-7-16(19)8-6-15)13-24-18(23)22-21-12-14-4-3-9-20-11-14/h2-9,11-13H,1,10H2/b21-12-,22-18-. The van der Waals surface area contributed by atoms with E-state index in [0.717, 1.165) is 26.6 Å². The monoisotopic (exact) mass is 354 g/mol. The van der Waals surface area contributed by atoms with E-state index in [2.05, 4.69) is 31.7 Å². The Labute approximate surface area is 149 Å². The normalized spacial score (nSPS) is 12.0. The van der Waals surface area contributed by atoms with E-state index in [1.165, 1.54) is 11.3 Å². The van der Waals surface area contributed by atoms with Gasteiger partial charge in [-0.2, -0.15) is 5.10 Å². The lowest BCUT2D eigenvalue weighted by Crippen LogP contribution is -2.14. The van der Waals surface area contributed by atoms with Gasteiger partial charge in [0.1, 0.15) is 0 Å². The van der Waals surface area contributed by atoms with Crippen molar-refractivity contribution in [3.8, 4) is 11.3 Å². The van der Waals surface area contributed by atoms with E-state index in [1.807, 2.05) is 42.5 Å². The Balaban J connectivity index is 1.96. The van der Waals surface area contributed by atoms with Crippen molar-refractivity contribution in [3.05, 3.63) is 82.2 Å². The number of benzene rings is 1. The van der Waals surface area contributed by atoms with Gasteiger partial charge in [0.2, 0.25) is 4.80 Å². The third-order valence-corrected chi connectivity index (χ3v) is 4.39. The average molecular weight is 355 g/mol. The third-order valence-electron chi connectivity index (χ3n) is 3.28. The molecule has 3 aromatic rings. The molecule has 0 saturated heterocycles. The minimum atomic E-state index is 0.655. The largest absolute Gasteiger partial charge is 0.311 e. The summed E-state index contributed by atoms with van der Waals surface area (Å²) in [6.07, 6.45) is 7.00. The zero-order valence-corrected chi connectivity index (χ0v) is 14.4. The highest BCUT2D eigenvalue weighted by molar-refractivity contribution is 7.07. The SMILES string of the molecule is C=CCn1c(-c2ccc(Cl)cc2)cs/c1=N\N=C/c1cccnc1. The van der Waals surface area contributed by atoms with Crippen molar-refractivity contribution < 1.29 is 0 Å². The Morgan fingerprint density at radius 1 is 1.25 bits per heavy atom. The van der Waals surface area contributed by atoms with Gasteiger partial charge in [-0.3, -0.25) is 4.98 Å². The van der Waals surface area contributed by atoms with Crippen molar-refractivity contribution in [3.63, 3.8) is 0 Å². The van der Waals surface area contributed by atoms with Crippen molar-refractivity contribution in [2.24, 2.45) is 10.2 Å². The van der Waals surface area contributed by atoms with Crippen molar-refractivity contribution in [1.29, 1.82) is 0 Å². The van der Waals surface area contributed by atoms with Crippen LogP contribution in [0.15, 0.2) is 77.0 Å². The summed E-state index contributed by atoms with van der Waals surface area (Å²) in [6, 6.07) is 11.5. The highest BCUT2D eigenvalue weighted by Gasteiger charge is 2.06. The van der Waals surface area contributed by atoms with E-state index >= 15 is 0 Å². The maximum atomic E-state index is 5.97. The van der Waals surface area contributed by atoms with Gasteiger partial charge in [-0.1, -0.05) is 35.9 Å². The first-order valence-electron chi connectivity index (χ1n) is 7.30. The van der Waals surface area contributed by atoms with Gasteiger partial charge < -0.3 is 4.57 Å². The molecule has 0 amide bonds. The highest BCUT2D eigenvalue weighted by atomic mass is 35.5. The van der Waals surface area contributed by atoms with Gasteiger partial charge in [-0.05, 0) is 23.8 Å². The molecule has 2 heterocycles. The second kappa shape index (κ2) is 7.86. The Bertz CT molecular complexity index is 908. The van der Waals surface area contributed by atoms with Crippen LogP contribution in [0.5, 0.6) is 0 Å². The summed E-state index contributed by atoms with van der Waals surface area (Å²) in [4.78, 5) is 4.85. The predicted octanol–water partition coefficient (Wildman–Crippen LogP) is 4.39. The Kier molecular flexibility index (Phi) is 5.36.